The number of nitrogens with zero attached hydrogens (tertiary/aromatic N) is 2. The number of rotatable bonds is 3. The zero-order valence-corrected chi connectivity index (χ0v) is 16.2. The molecule has 0 bridgehead atoms. The van der Waals surface area contributed by atoms with Crippen molar-refractivity contribution >= 4 is 21.6 Å². The summed E-state index contributed by atoms with van der Waals surface area (Å²) in [5.74, 6) is -0.0960. The highest BCUT2D eigenvalue weighted by Gasteiger charge is 2.31. The number of piperazine rings is 1. The smallest absolute Gasteiger partial charge is 0.264 e. The van der Waals surface area contributed by atoms with Crippen molar-refractivity contribution in [1.29, 1.82) is 0 Å². The molecule has 2 heterocycles. The lowest BCUT2D eigenvalue weighted by atomic mass is 10.2. The minimum absolute atomic E-state index is 0.0960. The largest absolute Gasteiger partial charge is 0.334 e. The summed E-state index contributed by atoms with van der Waals surface area (Å²) < 4.78 is 27.8. The van der Waals surface area contributed by atoms with Gasteiger partial charge in [-0.3, -0.25) is 9.10 Å². The van der Waals surface area contributed by atoms with Crippen molar-refractivity contribution in [2.24, 2.45) is 0 Å². The molecule has 142 valence electrons. The van der Waals surface area contributed by atoms with Crippen molar-refractivity contribution in [1.82, 2.24) is 4.90 Å². The molecule has 0 radical (unpaired) electrons. The molecule has 0 aromatic heterocycles. The Labute approximate surface area is 160 Å². The van der Waals surface area contributed by atoms with E-state index in [0.29, 0.717) is 31.6 Å². The van der Waals surface area contributed by atoms with Crippen LogP contribution in [0.4, 0.5) is 5.69 Å². The fourth-order valence-corrected chi connectivity index (χ4v) is 5.30. The fourth-order valence-electron chi connectivity index (χ4n) is 3.75. The SMILES string of the molecule is C[NH+]1CCN(C(=O)c2cccc(S(=O)(=O)N3CCc4ccccc43)c2)CC1. The van der Waals surface area contributed by atoms with E-state index in [0.717, 1.165) is 24.3 Å². The number of carbonyl (C=O) groups is 1. The second-order valence-corrected chi connectivity index (χ2v) is 9.10. The lowest BCUT2D eigenvalue weighted by Gasteiger charge is -2.30. The van der Waals surface area contributed by atoms with E-state index in [1.807, 2.05) is 29.2 Å². The average Bonchev–Trinajstić information content (AvgIpc) is 3.13. The van der Waals surface area contributed by atoms with Gasteiger partial charge in [-0.05, 0) is 36.2 Å². The second kappa shape index (κ2) is 6.98. The fraction of sp³-hybridized carbons (Fsp3) is 0.350. The molecule has 2 aliphatic heterocycles. The monoisotopic (exact) mass is 386 g/mol. The van der Waals surface area contributed by atoms with Gasteiger partial charge in [0.25, 0.3) is 15.9 Å². The van der Waals surface area contributed by atoms with Gasteiger partial charge in [-0.2, -0.15) is 0 Å². The maximum atomic E-state index is 13.2. The molecule has 0 spiro atoms. The molecule has 7 heteroatoms. The van der Waals surface area contributed by atoms with Gasteiger partial charge in [-0.1, -0.05) is 24.3 Å². The number of amides is 1. The molecule has 1 amide bonds. The van der Waals surface area contributed by atoms with Gasteiger partial charge in [-0.15, -0.1) is 0 Å². The van der Waals surface area contributed by atoms with Gasteiger partial charge < -0.3 is 9.80 Å². The van der Waals surface area contributed by atoms with Crippen molar-refractivity contribution < 1.29 is 18.1 Å². The summed E-state index contributed by atoms with van der Waals surface area (Å²) in [5, 5.41) is 0. The molecular weight excluding hydrogens is 362 g/mol. The van der Waals surface area contributed by atoms with Crippen molar-refractivity contribution in [3.63, 3.8) is 0 Å². The van der Waals surface area contributed by atoms with Gasteiger partial charge in [0.05, 0.1) is 43.8 Å². The summed E-state index contributed by atoms with van der Waals surface area (Å²) in [6.07, 6.45) is 0.706. The van der Waals surface area contributed by atoms with Crippen LogP contribution in [0.15, 0.2) is 53.4 Å². The Balaban J connectivity index is 1.62. The molecular formula is C20H24N3O3S+. The number of likely N-dealkylation sites (N-methyl/N-ethyl adjacent to an activating group) is 1. The number of para-hydroxylation sites is 1. The Morgan fingerprint density at radius 1 is 1.00 bits per heavy atom. The number of anilines is 1. The minimum Gasteiger partial charge on any atom is -0.334 e. The first-order chi connectivity index (χ1) is 13.0. The molecule has 2 aromatic carbocycles. The Kier molecular flexibility index (Phi) is 4.65. The molecule has 1 saturated heterocycles. The Hall–Kier alpha value is -2.38. The highest BCUT2D eigenvalue weighted by atomic mass is 32.2. The summed E-state index contributed by atoms with van der Waals surface area (Å²) in [6.45, 7) is 3.64. The van der Waals surface area contributed by atoms with E-state index in [2.05, 4.69) is 7.05 Å². The average molecular weight is 386 g/mol. The van der Waals surface area contributed by atoms with E-state index in [4.69, 9.17) is 0 Å². The van der Waals surface area contributed by atoms with Crippen LogP contribution >= 0.6 is 0 Å². The van der Waals surface area contributed by atoms with Crippen LogP contribution in [0.3, 0.4) is 0 Å². The first-order valence-electron chi connectivity index (χ1n) is 9.28. The zero-order chi connectivity index (χ0) is 19.0. The van der Waals surface area contributed by atoms with Gasteiger partial charge in [0.1, 0.15) is 0 Å². The van der Waals surface area contributed by atoms with Crippen molar-refractivity contribution in [2.75, 3.05) is 44.1 Å². The molecule has 27 heavy (non-hydrogen) atoms. The first kappa shape index (κ1) is 18.0. The Bertz CT molecular complexity index is 966. The lowest BCUT2D eigenvalue weighted by molar-refractivity contribution is -0.883. The Morgan fingerprint density at radius 2 is 1.74 bits per heavy atom. The van der Waals surface area contributed by atoms with Crippen molar-refractivity contribution in [3.05, 3.63) is 59.7 Å². The van der Waals surface area contributed by atoms with Gasteiger partial charge in [0, 0.05) is 12.1 Å². The molecule has 2 aliphatic rings. The first-order valence-corrected chi connectivity index (χ1v) is 10.7. The molecule has 0 aliphatic carbocycles. The highest BCUT2D eigenvalue weighted by molar-refractivity contribution is 7.92. The van der Waals surface area contributed by atoms with E-state index in [1.165, 1.54) is 15.3 Å². The van der Waals surface area contributed by atoms with Crippen LogP contribution in [0.2, 0.25) is 0 Å². The number of sulfonamides is 1. The number of benzene rings is 2. The minimum atomic E-state index is -3.69. The van der Waals surface area contributed by atoms with E-state index in [9.17, 15) is 13.2 Å². The number of hydrogen-bond acceptors (Lipinski definition) is 3. The van der Waals surface area contributed by atoms with Gasteiger partial charge in [0.15, 0.2) is 0 Å². The topological polar surface area (TPSA) is 62.1 Å². The predicted molar refractivity (Wildman–Crippen MR) is 104 cm³/mol. The van der Waals surface area contributed by atoms with Gasteiger partial charge >= 0.3 is 0 Å². The molecule has 6 nitrogen and oxygen atoms in total. The standard InChI is InChI=1S/C20H23N3O3S/c1-21-11-13-22(14-12-21)20(24)17-6-4-7-18(15-17)27(25,26)23-10-9-16-5-2-3-8-19(16)23/h2-8,15H,9-14H2,1H3/p+1. The third kappa shape index (κ3) is 3.33. The van der Waals surface area contributed by atoms with E-state index in [-0.39, 0.29) is 10.8 Å². The summed E-state index contributed by atoms with van der Waals surface area (Å²) in [5.41, 5.74) is 2.20. The predicted octanol–water partition coefficient (Wildman–Crippen LogP) is 0.409. The summed E-state index contributed by atoms with van der Waals surface area (Å²) >= 11 is 0. The van der Waals surface area contributed by atoms with Crippen LogP contribution in [-0.4, -0.2) is 59.0 Å². The van der Waals surface area contributed by atoms with E-state index < -0.39 is 10.0 Å². The summed E-state index contributed by atoms with van der Waals surface area (Å²) in [7, 11) is -1.58. The van der Waals surface area contributed by atoms with Gasteiger partial charge in [-0.25, -0.2) is 8.42 Å². The van der Waals surface area contributed by atoms with Crippen LogP contribution < -0.4 is 9.21 Å². The normalized spacial score (nSPS) is 17.8. The van der Waals surface area contributed by atoms with E-state index in [1.54, 1.807) is 18.2 Å². The molecule has 2 aromatic rings. The molecule has 1 fully saturated rings. The van der Waals surface area contributed by atoms with Gasteiger partial charge in [0.2, 0.25) is 0 Å². The van der Waals surface area contributed by atoms with Crippen LogP contribution in [0.25, 0.3) is 0 Å². The highest BCUT2D eigenvalue weighted by Crippen LogP contribution is 2.32. The number of carbonyl (C=O) groups excluding carboxylic acids is 1. The van der Waals surface area contributed by atoms with Crippen molar-refractivity contribution in [2.45, 2.75) is 11.3 Å². The maximum Gasteiger partial charge on any atom is 0.264 e. The molecule has 0 saturated carbocycles. The van der Waals surface area contributed by atoms with Crippen LogP contribution in [0, 0.1) is 0 Å². The molecule has 4 rings (SSSR count). The van der Waals surface area contributed by atoms with Crippen molar-refractivity contribution in [3.8, 4) is 0 Å². The number of fused-ring (bicyclic) bond motifs is 1. The summed E-state index contributed by atoms with van der Waals surface area (Å²) in [4.78, 5) is 16.2. The molecule has 1 N–H and O–H groups in total. The lowest BCUT2D eigenvalue weighted by Crippen LogP contribution is -3.12. The van der Waals surface area contributed by atoms with Crippen LogP contribution in [0.1, 0.15) is 15.9 Å². The second-order valence-electron chi connectivity index (χ2n) is 7.23. The Morgan fingerprint density at radius 3 is 2.52 bits per heavy atom. The number of hydrogen-bond donors (Lipinski definition) is 1. The molecule has 0 atom stereocenters. The van der Waals surface area contributed by atoms with Crippen LogP contribution in [-0.2, 0) is 16.4 Å². The number of nitrogens with one attached hydrogen (secondary N) is 1. The third-order valence-electron chi connectivity index (χ3n) is 5.42. The zero-order valence-electron chi connectivity index (χ0n) is 15.4. The van der Waals surface area contributed by atoms with E-state index >= 15 is 0 Å². The quantitative estimate of drug-likeness (QED) is 0.831. The summed E-state index contributed by atoms with van der Waals surface area (Å²) in [6, 6.07) is 14.0. The third-order valence-corrected chi connectivity index (χ3v) is 7.23. The number of quaternary nitrogens is 1. The van der Waals surface area contributed by atoms with Crippen LogP contribution in [0.5, 0.6) is 0 Å². The maximum absolute atomic E-state index is 13.2. The molecule has 0 unspecified atom stereocenters.